The number of aryl methyl sites for hydroxylation is 1. The standard InChI is InChI=1S/C16H16ClFN2O2/c1-11-6-7-12(17)10-14(11)20-16(21)19-8-9-22-15-5-3-2-4-13(15)18/h2-7,10H,8-9H2,1H3,(H2,19,20,21). The number of hydrogen-bond donors (Lipinski definition) is 2. The van der Waals surface area contributed by atoms with Gasteiger partial charge in [-0.2, -0.15) is 0 Å². The lowest BCUT2D eigenvalue weighted by Gasteiger charge is -2.11. The Morgan fingerprint density at radius 3 is 2.82 bits per heavy atom. The molecule has 4 nitrogen and oxygen atoms in total. The van der Waals surface area contributed by atoms with E-state index in [2.05, 4.69) is 10.6 Å². The predicted molar refractivity (Wildman–Crippen MR) is 85.1 cm³/mol. The summed E-state index contributed by atoms with van der Waals surface area (Å²) in [5, 5.41) is 5.87. The molecule has 0 bridgehead atoms. The summed E-state index contributed by atoms with van der Waals surface area (Å²) in [5.41, 5.74) is 1.54. The van der Waals surface area contributed by atoms with E-state index in [0.717, 1.165) is 5.56 Å². The van der Waals surface area contributed by atoms with E-state index in [0.29, 0.717) is 10.7 Å². The van der Waals surface area contributed by atoms with Gasteiger partial charge < -0.3 is 15.4 Å². The smallest absolute Gasteiger partial charge is 0.319 e. The zero-order valence-electron chi connectivity index (χ0n) is 12.0. The number of rotatable bonds is 5. The van der Waals surface area contributed by atoms with Gasteiger partial charge in [0, 0.05) is 10.7 Å². The van der Waals surface area contributed by atoms with Crippen molar-refractivity contribution in [2.24, 2.45) is 0 Å². The van der Waals surface area contributed by atoms with Crippen molar-refractivity contribution in [3.8, 4) is 5.75 Å². The van der Waals surface area contributed by atoms with E-state index in [-0.39, 0.29) is 24.9 Å². The molecule has 0 heterocycles. The molecule has 2 aromatic carbocycles. The van der Waals surface area contributed by atoms with Crippen LogP contribution >= 0.6 is 11.6 Å². The van der Waals surface area contributed by atoms with Crippen LogP contribution in [0, 0.1) is 12.7 Å². The van der Waals surface area contributed by atoms with Crippen molar-refractivity contribution in [1.29, 1.82) is 0 Å². The Kier molecular flexibility index (Phi) is 5.61. The summed E-state index contributed by atoms with van der Waals surface area (Å²) in [6.45, 7) is 2.29. The third-order valence-corrected chi connectivity index (χ3v) is 3.16. The van der Waals surface area contributed by atoms with Crippen LogP contribution in [0.3, 0.4) is 0 Å². The predicted octanol–water partition coefficient (Wildman–Crippen LogP) is 3.99. The second kappa shape index (κ2) is 7.66. The number of urea groups is 1. The summed E-state index contributed by atoms with van der Waals surface area (Å²) < 4.78 is 18.5. The molecule has 0 fully saturated rings. The molecule has 2 N–H and O–H groups in total. The zero-order valence-corrected chi connectivity index (χ0v) is 12.8. The second-order valence-corrected chi connectivity index (χ2v) is 5.06. The lowest BCUT2D eigenvalue weighted by Crippen LogP contribution is -2.32. The van der Waals surface area contributed by atoms with Crippen LogP contribution in [0.4, 0.5) is 14.9 Å². The lowest BCUT2D eigenvalue weighted by molar-refractivity contribution is 0.246. The number of anilines is 1. The van der Waals surface area contributed by atoms with Crippen LogP contribution in [-0.4, -0.2) is 19.2 Å². The fourth-order valence-electron chi connectivity index (χ4n) is 1.78. The molecule has 0 radical (unpaired) electrons. The number of hydrogen-bond acceptors (Lipinski definition) is 2. The molecule has 0 aliphatic rings. The van der Waals surface area contributed by atoms with Gasteiger partial charge in [-0.05, 0) is 36.8 Å². The minimum absolute atomic E-state index is 0.162. The summed E-state index contributed by atoms with van der Waals surface area (Å²) in [7, 11) is 0. The number of amides is 2. The normalized spacial score (nSPS) is 10.1. The monoisotopic (exact) mass is 322 g/mol. The molecule has 0 aliphatic carbocycles. The summed E-state index contributed by atoms with van der Waals surface area (Å²) in [6, 6.07) is 11.0. The van der Waals surface area contributed by atoms with Crippen LogP contribution in [0.25, 0.3) is 0 Å². The number of benzene rings is 2. The Hall–Kier alpha value is -2.27. The number of nitrogens with one attached hydrogen (secondary N) is 2. The molecule has 0 spiro atoms. The first-order valence-corrected chi connectivity index (χ1v) is 7.12. The summed E-state index contributed by atoms with van der Waals surface area (Å²) in [4.78, 5) is 11.8. The lowest BCUT2D eigenvalue weighted by atomic mass is 10.2. The maximum Gasteiger partial charge on any atom is 0.319 e. The minimum Gasteiger partial charge on any atom is -0.489 e. The van der Waals surface area contributed by atoms with E-state index in [1.54, 1.807) is 24.3 Å². The van der Waals surface area contributed by atoms with Gasteiger partial charge in [0.2, 0.25) is 0 Å². The van der Waals surface area contributed by atoms with Gasteiger partial charge in [0.25, 0.3) is 0 Å². The highest BCUT2D eigenvalue weighted by molar-refractivity contribution is 6.31. The van der Waals surface area contributed by atoms with Crippen LogP contribution in [0.5, 0.6) is 5.75 Å². The Morgan fingerprint density at radius 1 is 1.27 bits per heavy atom. The van der Waals surface area contributed by atoms with Crippen molar-refractivity contribution in [1.82, 2.24) is 5.32 Å². The molecule has 0 atom stereocenters. The summed E-state index contributed by atoms with van der Waals surface area (Å²) >= 11 is 5.88. The van der Waals surface area contributed by atoms with Crippen molar-refractivity contribution in [2.75, 3.05) is 18.5 Å². The first-order valence-electron chi connectivity index (χ1n) is 6.74. The van der Waals surface area contributed by atoms with Crippen molar-refractivity contribution >= 4 is 23.3 Å². The highest BCUT2D eigenvalue weighted by Crippen LogP contribution is 2.20. The average molecular weight is 323 g/mol. The molecule has 0 aromatic heterocycles. The SMILES string of the molecule is Cc1ccc(Cl)cc1NC(=O)NCCOc1ccccc1F. The maximum atomic E-state index is 13.3. The fourth-order valence-corrected chi connectivity index (χ4v) is 1.95. The van der Waals surface area contributed by atoms with Gasteiger partial charge >= 0.3 is 6.03 Å². The Bertz CT molecular complexity index is 664. The van der Waals surface area contributed by atoms with Gasteiger partial charge in [-0.15, -0.1) is 0 Å². The number of halogens is 2. The third-order valence-electron chi connectivity index (χ3n) is 2.93. The Labute approximate surface area is 133 Å². The second-order valence-electron chi connectivity index (χ2n) is 4.62. The highest BCUT2D eigenvalue weighted by atomic mass is 35.5. The maximum absolute atomic E-state index is 13.3. The van der Waals surface area contributed by atoms with Gasteiger partial charge in [-0.25, -0.2) is 9.18 Å². The third kappa shape index (κ3) is 4.63. The molecule has 0 unspecified atom stereocenters. The first kappa shape index (κ1) is 16.1. The van der Waals surface area contributed by atoms with E-state index < -0.39 is 5.82 Å². The van der Waals surface area contributed by atoms with E-state index in [1.165, 1.54) is 12.1 Å². The van der Waals surface area contributed by atoms with E-state index in [1.807, 2.05) is 13.0 Å². The molecule has 2 aromatic rings. The largest absolute Gasteiger partial charge is 0.489 e. The zero-order chi connectivity index (χ0) is 15.9. The van der Waals surface area contributed by atoms with Gasteiger partial charge in [0.05, 0.1) is 6.54 Å². The van der Waals surface area contributed by atoms with Crippen LogP contribution in [-0.2, 0) is 0 Å². The number of carbonyl (C=O) groups excluding carboxylic acids is 1. The number of carbonyl (C=O) groups is 1. The quantitative estimate of drug-likeness (QED) is 0.818. The molecule has 116 valence electrons. The number of ether oxygens (including phenoxy) is 1. The average Bonchev–Trinajstić information content (AvgIpc) is 2.49. The summed E-state index contributed by atoms with van der Waals surface area (Å²) in [6.07, 6.45) is 0. The molecule has 0 saturated carbocycles. The number of para-hydroxylation sites is 1. The van der Waals surface area contributed by atoms with Gasteiger partial charge in [0.15, 0.2) is 11.6 Å². The highest BCUT2D eigenvalue weighted by Gasteiger charge is 2.05. The molecule has 22 heavy (non-hydrogen) atoms. The van der Waals surface area contributed by atoms with Gasteiger partial charge in [-0.3, -0.25) is 0 Å². The van der Waals surface area contributed by atoms with Crippen LogP contribution in [0.15, 0.2) is 42.5 Å². The minimum atomic E-state index is -0.429. The van der Waals surface area contributed by atoms with Gasteiger partial charge in [0.1, 0.15) is 6.61 Å². The molecule has 0 aliphatic heterocycles. The van der Waals surface area contributed by atoms with Crippen molar-refractivity contribution in [2.45, 2.75) is 6.92 Å². The fraction of sp³-hybridized carbons (Fsp3) is 0.188. The van der Waals surface area contributed by atoms with E-state index >= 15 is 0 Å². The first-order chi connectivity index (χ1) is 10.6. The molecule has 0 saturated heterocycles. The molecule has 6 heteroatoms. The van der Waals surface area contributed by atoms with E-state index in [4.69, 9.17) is 16.3 Å². The Balaban J connectivity index is 1.76. The Morgan fingerprint density at radius 2 is 2.05 bits per heavy atom. The van der Waals surface area contributed by atoms with Crippen LogP contribution < -0.4 is 15.4 Å². The summed E-state index contributed by atoms with van der Waals surface area (Å²) in [5.74, 6) is -0.267. The molecular weight excluding hydrogens is 307 g/mol. The van der Waals surface area contributed by atoms with Crippen molar-refractivity contribution in [3.63, 3.8) is 0 Å². The topological polar surface area (TPSA) is 50.4 Å². The van der Waals surface area contributed by atoms with Crippen molar-refractivity contribution < 1.29 is 13.9 Å². The molecule has 2 rings (SSSR count). The van der Waals surface area contributed by atoms with Crippen molar-refractivity contribution in [3.05, 3.63) is 58.9 Å². The molecular formula is C16H16ClFN2O2. The van der Waals surface area contributed by atoms with Crippen LogP contribution in [0.1, 0.15) is 5.56 Å². The van der Waals surface area contributed by atoms with E-state index in [9.17, 15) is 9.18 Å². The van der Waals surface area contributed by atoms with Gasteiger partial charge in [-0.1, -0.05) is 29.8 Å². The molecule has 2 amide bonds. The van der Waals surface area contributed by atoms with Crippen LogP contribution in [0.2, 0.25) is 5.02 Å².